The van der Waals surface area contributed by atoms with Crippen molar-refractivity contribution in [3.8, 4) is 6.07 Å². The zero-order valence-corrected chi connectivity index (χ0v) is 18.7. The van der Waals surface area contributed by atoms with Crippen LogP contribution in [0.3, 0.4) is 0 Å². The van der Waals surface area contributed by atoms with Crippen LogP contribution in [0.5, 0.6) is 0 Å². The zero-order chi connectivity index (χ0) is 22.6. The van der Waals surface area contributed by atoms with Gasteiger partial charge in [-0.1, -0.05) is 12.1 Å². The molecule has 3 rings (SSSR count). The summed E-state index contributed by atoms with van der Waals surface area (Å²) in [6, 6.07) is 13.3. The van der Waals surface area contributed by atoms with E-state index in [2.05, 4.69) is 6.07 Å². The van der Waals surface area contributed by atoms with Gasteiger partial charge in [-0.2, -0.15) is 5.26 Å². The highest BCUT2D eigenvalue weighted by atomic mass is 16.6. The number of amides is 2. The van der Waals surface area contributed by atoms with E-state index >= 15 is 0 Å². The minimum Gasteiger partial charge on any atom is -0.444 e. The number of hydrogen-bond donors (Lipinski definition) is 0. The molecule has 0 bridgehead atoms. The van der Waals surface area contributed by atoms with E-state index in [1.165, 1.54) is 0 Å². The molecule has 1 aromatic carbocycles. The first kappa shape index (κ1) is 22.4. The van der Waals surface area contributed by atoms with Gasteiger partial charge < -0.3 is 19.1 Å². The molecule has 1 fully saturated rings. The van der Waals surface area contributed by atoms with E-state index in [0.717, 1.165) is 18.4 Å². The van der Waals surface area contributed by atoms with Crippen molar-refractivity contribution in [3.05, 3.63) is 59.4 Å². The molecule has 2 heterocycles. The summed E-state index contributed by atoms with van der Waals surface area (Å²) in [5.41, 5.74) is 1.71. The number of rotatable bonds is 4. The van der Waals surface area contributed by atoms with Crippen molar-refractivity contribution < 1.29 is 14.3 Å². The van der Waals surface area contributed by atoms with E-state index in [1.54, 1.807) is 29.0 Å². The quantitative estimate of drug-likeness (QED) is 0.740. The molecule has 0 saturated carbocycles. The molecule has 0 atom stereocenters. The highest BCUT2D eigenvalue weighted by molar-refractivity contribution is 5.92. The van der Waals surface area contributed by atoms with Crippen molar-refractivity contribution in [2.75, 3.05) is 20.1 Å². The Bertz CT molecular complexity index is 958. The second-order valence-electron chi connectivity index (χ2n) is 8.97. The molecule has 0 unspecified atom stereocenters. The number of carbonyl (C=O) groups is 2. The fourth-order valence-electron chi connectivity index (χ4n) is 3.77. The molecule has 2 aromatic rings. The average Bonchev–Trinajstić information content (AvgIpc) is 3.22. The summed E-state index contributed by atoms with van der Waals surface area (Å²) in [7, 11) is 1.78. The smallest absolute Gasteiger partial charge is 0.410 e. The predicted molar refractivity (Wildman–Crippen MR) is 117 cm³/mol. The number of ether oxygens (including phenoxy) is 1. The van der Waals surface area contributed by atoms with E-state index in [1.807, 2.05) is 55.8 Å². The third-order valence-corrected chi connectivity index (χ3v) is 5.36. The van der Waals surface area contributed by atoms with Gasteiger partial charge in [0, 0.05) is 38.9 Å². The second kappa shape index (κ2) is 9.25. The summed E-state index contributed by atoms with van der Waals surface area (Å²) in [5, 5.41) is 8.93. The molecule has 0 aliphatic carbocycles. The topological polar surface area (TPSA) is 78.6 Å². The first-order chi connectivity index (χ1) is 14.7. The summed E-state index contributed by atoms with van der Waals surface area (Å²) in [6.07, 6.45) is 3.20. The number of likely N-dealkylation sites (tertiary alicyclic amines) is 1. The van der Waals surface area contributed by atoms with Gasteiger partial charge in [-0.25, -0.2) is 4.79 Å². The van der Waals surface area contributed by atoms with Crippen LogP contribution in [-0.2, 0) is 11.3 Å². The van der Waals surface area contributed by atoms with Gasteiger partial charge in [0.15, 0.2) is 0 Å². The van der Waals surface area contributed by atoms with Crippen LogP contribution in [0.2, 0.25) is 0 Å². The van der Waals surface area contributed by atoms with Crippen LogP contribution in [0.1, 0.15) is 61.3 Å². The van der Waals surface area contributed by atoms with Crippen LogP contribution < -0.4 is 0 Å². The molecular weight excluding hydrogens is 392 g/mol. The standard InChI is InChI=1S/C24H30N4O3/c1-24(2,3)31-23(30)27-14-11-20(12-15-27)28-13-5-6-21(28)22(29)26(4)17-19-9-7-18(16-25)8-10-19/h5-10,13,20H,11-12,14-15,17H2,1-4H3. The number of hydrogen-bond acceptors (Lipinski definition) is 4. The normalized spacial score (nSPS) is 14.7. The SMILES string of the molecule is CN(Cc1ccc(C#N)cc1)C(=O)c1cccn1C1CCN(C(=O)OC(C)(C)C)CC1. The Labute approximate surface area is 183 Å². The molecule has 1 aromatic heterocycles. The fourth-order valence-corrected chi connectivity index (χ4v) is 3.77. The molecule has 1 aliphatic rings. The van der Waals surface area contributed by atoms with Crippen LogP contribution in [0.15, 0.2) is 42.6 Å². The third kappa shape index (κ3) is 5.66. The fraction of sp³-hybridized carbons (Fsp3) is 0.458. The van der Waals surface area contributed by atoms with Crippen molar-refractivity contribution in [2.24, 2.45) is 0 Å². The molecular formula is C24H30N4O3. The van der Waals surface area contributed by atoms with Crippen LogP contribution in [0.25, 0.3) is 0 Å². The van der Waals surface area contributed by atoms with Crippen molar-refractivity contribution in [3.63, 3.8) is 0 Å². The Balaban J connectivity index is 1.62. The van der Waals surface area contributed by atoms with Gasteiger partial charge >= 0.3 is 6.09 Å². The van der Waals surface area contributed by atoms with Crippen LogP contribution in [-0.4, -0.2) is 52.1 Å². The molecule has 31 heavy (non-hydrogen) atoms. The molecule has 7 heteroatoms. The molecule has 164 valence electrons. The largest absolute Gasteiger partial charge is 0.444 e. The van der Waals surface area contributed by atoms with Crippen LogP contribution >= 0.6 is 0 Å². The number of aromatic nitrogens is 1. The molecule has 0 N–H and O–H groups in total. The Hall–Kier alpha value is -3.27. The highest BCUT2D eigenvalue weighted by Crippen LogP contribution is 2.26. The number of carbonyl (C=O) groups excluding carboxylic acids is 2. The summed E-state index contributed by atoms with van der Waals surface area (Å²) in [4.78, 5) is 28.8. The maximum Gasteiger partial charge on any atom is 0.410 e. The highest BCUT2D eigenvalue weighted by Gasteiger charge is 2.29. The predicted octanol–water partition coefficient (Wildman–Crippen LogP) is 4.20. The molecule has 0 radical (unpaired) electrons. The van der Waals surface area contributed by atoms with Gasteiger partial charge in [0.25, 0.3) is 5.91 Å². The lowest BCUT2D eigenvalue weighted by atomic mass is 10.0. The molecule has 1 saturated heterocycles. The van der Waals surface area contributed by atoms with Gasteiger partial charge in [-0.15, -0.1) is 0 Å². The maximum atomic E-state index is 13.1. The third-order valence-electron chi connectivity index (χ3n) is 5.36. The molecule has 2 amide bonds. The van der Waals surface area contributed by atoms with Crippen molar-refractivity contribution in [2.45, 2.75) is 51.8 Å². The van der Waals surface area contributed by atoms with Gasteiger partial charge in [0.2, 0.25) is 0 Å². The minimum absolute atomic E-state index is 0.0519. The van der Waals surface area contributed by atoms with Crippen molar-refractivity contribution in [1.29, 1.82) is 5.26 Å². The first-order valence-corrected chi connectivity index (χ1v) is 10.6. The van der Waals surface area contributed by atoms with Gasteiger partial charge in [-0.3, -0.25) is 4.79 Å². The van der Waals surface area contributed by atoms with Gasteiger partial charge in [0.05, 0.1) is 11.6 Å². The van der Waals surface area contributed by atoms with E-state index in [-0.39, 0.29) is 18.0 Å². The van der Waals surface area contributed by atoms with Crippen molar-refractivity contribution in [1.82, 2.24) is 14.4 Å². The summed E-state index contributed by atoms with van der Waals surface area (Å²) in [5.74, 6) is -0.0519. The Morgan fingerprint density at radius 1 is 1.16 bits per heavy atom. The summed E-state index contributed by atoms with van der Waals surface area (Å²) in [6.45, 7) is 7.27. The Morgan fingerprint density at radius 2 is 1.81 bits per heavy atom. The number of nitrogens with zero attached hydrogens (tertiary/aromatic N) is 4. The van der Waals surface area contributed by atoms with E-state index in [4.69, 9.17) is 10.00 Å². The summed E-state index contributed by atoms with van der Waals surface area (Å²) >= 11 is 0. The lowest BCUT2D eigenvalue weighted by Gasteiger charge is -2.34. The molecule has 7 nitrogen and oxygen atoms in total. The number of nitriles is 1. The molecule has 1 aliphatic heterocycles. The number of piperidine rings is 1. The first-order valence-electron chi connectivity index (χ1n) is 10.6. The van der Waals surface area contributed by atoms with E-state index in [0.29, 0.717) is 30.9 Å². The monoisotopic (exact) mass is 422 g/mol. The number of benzene rings is 1. The van der Waals surface area contributed by atoms with Crippen LogP contribution in [0, 0.1) is 11.3 Å². The minimum atomic E-state index is -0.506. The average molecular weight is 423 g/mol. The van der Waals surface area contributed by atoms with E-state index in [9.17, 15) is 9.59 Å². The summed E-state index contributed by atoms with van der Waals surface area (Å²) < 4.78 is 7.50. The van der Waals surface area contributed by atoms with Crippen LogP contribution in [0.4, 0.5) is 4.79 Å². The Morgan fingerprint density at radius 3 is 2.39 bits per heavy atom. The molecule has 0 spiro atoms. The second-order valence-corrected chi connectivity index (χ2v) is 8.97. The zero-order valence-electron chi connectivity index (χ0n) is 18.7. The van der Waals surface area contributed by atoms with E-state index < -0.39 is 5.60 Å². The Kier molecular flexibility index (Phi) is 6.69. The van der Waals surface area contributed by atoms with Gasteiger partial charge in [0.1, 0.15) is 11.3 Å². The van der Waals surface area contributed by atoms with Gasteiger partial charge in [-0.05, 0) is 63.4 Å². The van der Waals surface area contributed by atoms with Crippen molar-refractivity contribution >= 4 is 12.0 Å². The maximum absolute atomic E-state index is 13.1. The lowest BCUT2D eigenvalue weighted by molar-refractivity contribution is 0.0186. The lowest BCUT2D eigenvalue weighted by Crippen LogP contribution is -2.42.